The van der Waals surface area contributed by atoms with E-state index in [4.69, 9.17) is 5.11 Å². The number of hydrogen-bond acceptors (Lipinski definition) is 1. The highest BCUT2D eigenvalue weighted by molar-refractivity contribution is 14.1. The third-order valence-corrected chi connectivity index (χ3v) is 1.69. The molecule has 0 fully saturated rings. The zero-order valence-electron chi connectivity index (χ0n) is 7.10. The molecule has 3 nitrogen and oxygen atoms in total. The zero-order valence-corrected chi connectivity index (χ0v) is 9.25. The van der Waals surface area contributed by atoms with Crippen molar-refractivity contribution in [3.05, 3.63) is 0 Å². The monoisotopic (exact) mass is 281 g/mol. The highest BCUT2D eigenvalue weighted by Crippen LogP contribution is 2.07. The molecule has 0 bridgehead atoms. The molecule has 0 saturated heterocycles. The summed E-state index contributed by atoms with van der Waals surface area (Å²) in [5, 5.41) is 10.8. The van der Waals surface area contributed by atoms with Crippen molar-refractivity contribution in [2.45, 2.75) is 30.2 Å². The van der Waals surface area contributed by atoms with E-state index >= 15 is 0 Å². The lowest BCUT2D eigenvalue weighted by molar-refractivity contribution is 0.192. The van der Waals surface area contributed by atoms with Gasteiger partial charge in [0.25, 0.3) is 0 Å². The number of hydrogen-bond donors (Lipinski definition) is 2. The van der Waals surface area contributed by atoms with Gasteiger partial charge in [0.1, 0.15) is 0 Å². The topological polar surface area (TPSA) is 49.3 Å². The van der Waals surface area contributed by atoms with Crippen LogP contribution in [0.2, 0.25) is 0 Å². The van der Waals surface area contributed by atoms with Crippen molar-refractivity contribution in [2.24, 2.45) is 0 Å². The predicted molar refractivity (Wildman–Crippen MR) is 56.5 cm³/mol. The standard InChI is InChI=1S/C8H12INO2/c1-3-4-7(5-6(2)9)10-8(11)12/h6-7,10H,5H2,1-2H3,(H,11,12). The van der Waals surface area contributed by atoms with Gasteiger partial charge in [-0.1, -0.05) is 35.4 Å². The van der Waals surface area contributed by atoms with Crippen LogP contribution in [0.4, 0.5) is 4.79 Å². The van der Waals surface area contributed by atoms with Gasteiger partial charge in [-0.05, 0) is 13.3 Å². The van der Waals surface area contributed by atoms with E-state index in [1.54, 1.807) is 6.92 Å². The molecule has 0 aromatic rings. The second-order valence-electron chi connectivity index (χ2n) is 2.41. The Morgan fingerprint density at radius 2 is 2.33 bits per heavy atom. The first-order chi connectivity index (χ1) is 5.56. The van der Waals surface area contributed by atoms with Crippen LogP contribution in [-0.2, 0) is 0 Å². The molecule has 0 radical (unpaired) electrons. The molecule has 0 aliphatic heterocycles. The lowest BCUT2D eigenvalue weighted by Crippen LogP contribution is -2.33. The van der Waals surface area contributed by atoms with Gasteiger partial charge in [-0.15, -0.1) is 5.92 Å². The molecular weight excluding hydrogens is 269 g/mol. The Hall–Kier alpha value is -0.440. The zero-order chi connectivity index (χ0) is 9.56. The molecule has 2 unspecified atom stereocenters. The van der Waals surface area contributed by atoms with Crippen molar-refractivity contribution in [1.29, 1.82) is 0 Å². The summed E-state index contributed by atoms with van der Waals surface area (Å²) in [6.45, 7) is 3.73. The first-order valence-corrected chi connectivity index (χ1v) is 4.86. The molecule has 0 heterocycles. The Morgan fingerprint density at radius 1 is 1.75 bits per heavy atom. The van der Waals surface area contributed by atoms with Crippen LogP contribution in [0.5, 0.6) is 0 Å². The predicted octanol–water partition coefficient (Wildman–Crippen LogP) is 1.86. The fraction of sp³-hybridized carbons (Fsp3) is 0.625. The van der Waals surface area contributed by atoms with E-state index < -0.39 is 6.09 Å². The molecule has 2 atom stereocenters. The molecule has 2 N–H and O–H groups in total. The number of amides is 1. The lowest BCUT2D eigenvalue weighted by atomic mass is 10.2. The third-order valence-electron chi connectivity index (χ3n) is 1.18. The molecule has 0 aliphatic carbocycles. The minimum absolute atomic E-state index is 0.237. The summed E-state index contributed by atoms with van der Waals surface area (Å²) in [5.74, 6) is 5.50. The summed E-state index contributed by atoms with van der Waals surface area (Å²) in [5.41, 5.74) is 0. The van der Waals surface area contributed by atoms with E-state index in [-0.39, 0.29) is 6.04 Å². The van der Waals surface area contributed by atoms with Crippen molar-refractivity contribution in [3.63, 3.8) is 0 Å². The van der Waals surface area contributed by atoms with Crippen LogP contribution in [0.15, 0.2) is 0 Å². The normalized spacial score (nSPS) is 13.9. The summed E-state index contributed by atoms with van der Waals surface area (Å²) >= 11 is 2.24. The van der Waals surface area contributed by atoms with E-state index in [9.17, 15) is 4.79 Å². The maximum absolute atomic E-state index is 10.3. The van der Waals surface area contributed by atoms with Gasteiger partial charge < -0.3 is 10.4 Å². The molecule has 0 spiro atoms. The van der Waals surface area contributed by atoms with Gasteiger partial charge in [-0.3, -0.25) is 0 Å². The Morgan fingerprint density at radius 3 is 2.67 bits per heavy atom. The van der Waals surface area contributed by atoms with Crippen LogP contribution in [0, 0.1) is 11.8 Å². The molecule has 0 aliphatic rings. The van der Waals surface area contributed by atoms with Crippen molar-refractivity contribution < 1.29 is 9.90 Å². The van der Waals surface area contributed by atoms with E-state index in [2.05, 4.69) is 39.7 Å². The maximum Gasteiger partial charge on any atom is 0.405 e. The fourth-order valence-electron chi connectivity index (χ4n) is 0.802. The van der Waals surface area contributed by atoms with Crippen molar-refractivity contribution in [2.75, 3.05) is 0 Å². The Labute approximate surface area is 86.1 Å². The quantitative estimate of drug-likeness (QED) is 0.471. The SMILES string of the molecule is CC#CC(CC(C)I)NC(=O)O. The van der Waals surface area contributed by atoms with Gasteiger partial charge >= 0.3 is 6.09 Å². The molecule has 0 saturated carbocycles. The number of halogens is 1. The summed E-state index contributed by atoms with van der Waals surface area (Å²) in [4.78, 5) is 10.3. The summed E-state index contributed by atoms with van der Waals surface area (Å²) in [6.07, 6.45) is -0.270. The molecular formula is C8H12INO2. The van der Waals surface area contributed by atoms with Crippen LogP contribution < -0.4 is 5.32 Å². The van der Waals surface area contributed by atoms with Gasteiger partial charge in [0.2, 0.25) is 0 Å². The number of carbonyl (C=O) groups is 1. The van der Waals surface area contributed by atoms with Crippen LogP contribution in [0.1, 0.15) is 20.3 Å². The average molecular weight is 281 g/mol. The highest BCUT2D eigenvalue weighted by atomic mass is 127. The Bertz CT molecular complexity index is 205. The van der Waals surface area contributed by atoms with Crippen LogP contribution in [-0.4, -0.2) is 21.2 Å². The summed E-state index contributed by atoms with van der Waals surface area (Å²) < 4.78 is 0.417. The van der Waals surface area contributed by atoms with Crippen LogP contribution >= 0.6 is 22.6 Å². The first-order valence-electron chi connectivity index (χ1n) is 3.62. The largest absolute Gasteiger partial charge is 0.465 e. The van der Waals surface area contributed by atoms with Crippen LogP contribution in [0.25, 0.3) is 0 Å². The molecule has 12 heavy (non-hydrogen) atoms. The molecule has 4 heteroatoms. The second-order valence-corrected chi connectivity index (χ2v) is 4.54. The molecule has 0 aromatic carbocycles. The molecule has 0 aromatic heterocycles. The molecule has 68 valence electrons. The first kappa shape index (κ1) is 11.6. The summed E-state index contributed by atoms with van der Waals surface area (Å²) in [6, 6.07) is -0.237. The smallest absolute Gasteiger partial charge is 0.405 e. The van der Waals surface area contributed by atoms with Gasteiger partial charge in [0.05, 0.1) is 6.04 Å². The second kappa shape index (κ2) is 6.12. The number of rotatable bonds is 3. The Kier molecular flexibility index (Phi) is 5.89. The van der Waals surface area contributed by atoms with E-state index in [1.807, 2.05) is 6.92 Å². The maximum atomic E-state index is 10.3. The average Bonchev–Trinajstić information content (AvgIpc) is 1.84. The Balaban J connectivity index is 4.01. The number of carboxylic acid groups (broad SMARTS) is 1. The van der Waals surface area contributed by atoms with Crippen molar-refractivity contribution in [1.82, 2.24) is 5.32 Å². The number of alkyl halides is 1. The minimum atomic E-state index is -1.01. The molecule has 0 rings (SSSR count). The summed E-state index contributed by atoms with van der Waals surface area (Å²) in [7, 11) is 0. The van der Waals surface area contributed by atoms with Crippen molar-refractivity contribution >= 4 is 28.7 Å². The van der Waals surface area contributed by atoms with Crippen LogP contribution in [0.3, 0.4) is 0 Å². The number of nitrogens with one attached hydrogen (secondary N) is 1. The van der Waals surface area contributed by atoms with E-state index in [0.717, 1.165) is 6.42 Å². The van der Waals surface area contributed by atoms with Gasteiger partial charge in [-0.2, -0.15) is 0 Å². The molecule has 1 amide bonds. The fourth-order valence-corrected chi connectivity index (χ4v) is 1.31. The lowest BCUT2D eigenvalue weighted by Gasteiger charge is -2.11. The van der Waals surface area contributed by atoms with Gasteiger partial charge in [-0.25, -0.2) is 4.79 Å². The van der Waals surface area contributed by atoms with Gasteiger partial charge in [0, 0.05) is 3.92 Å². The highest BCUT2D eigenvalue weighted by Gasteiger charge is 2.10. The van der Waals surface area contributed by atoms with E-state index in [0.29, 0.717) is 3.92 Å². The minimum Gasteiger partial charge on any atom is -0.465 e. The van der Waals surface area contributed by atoms with Crippen molar-refractivity contribution in [3.8, 4) is 11.8 Å². The van der Waals surface area contributed by atoms with Gasteiger partial charge in [0.15, 0.2) is 0 Å². The van der Waals surface area contributed by atoms with E-state index in [1.165, 1.54) is 0 Å². The third kappa shape index (κ3) is 6.28.